The Hall–Kier alpha value is -2.61. The lowest BCUT2D eigenvalue weighted by Crippen LogP contribution is -2.41. The summed E-state index contributed by atoms with van der Waals surface area (Å²) in [6, 6.07) is 9.20. The van der Waals surface area contributed by atoms with E-state index in [1.54, 1.807) is 12.1 Å². The SMILES string of the molecule is C[C@@H](Nc1c(NCc2ccc(C#N)cc2)c(=O)c1=O)C(C)(C)C. The number of nitriles is 1. The maximum absolute atomic E-state index is 11.8. The Labute approximate surface area is 135 Å². The molecule has 0 fully saturated rings. The molecule has 120 valence electrons. The van der Waals surface area contributed by atoms with Crippen molar-refractivity contribution in [1.82, 2.24) is 0 Å². The molecule has 2 aromatic rings. The van der Waals surface area contributed by atoms with Crippen molar-refractivity contribution >= 4 is 11.4 Å². The molecule has 23 heavy (non-hydrogen) atoms. The predicted octanol–water partition coefficient (Wildman–Crippen LogP) is 2.61. The minimum atomic E-state index is -0.484. The quantitative estimate of drug-likeness (QED) is 0.830. The van der Waals surface area contributed by atoms with E-state index in [-0.39, 0.29) is 11.5 Å². The first kappa shape index (κ1) is 16.8. The molecule has 0 aliphatic heterocycles. The zero-order valence-electron chi connectivity index (χ0n) is 13.9. The number of nitrogens with zero attached hydrogens (tertiary/aromatic N) is 1. The Morgan fingerprint density at radius 2 is 1.65 bits per heavy atom. The summed E-state index contributed by atoms with van der Waals surface area (Å²) in [5.74, 6) is 0. The zero-order chi connectivity index (χ0) is 17.2. The summed E-state index contributed by atoms with van der Waals surface area (Å²) >= 11 is 0. The van der Waals surface area contributed by atoms with Gasteiger partial charge in [-0.1, -0.05) is 32.9 Å². The van der Waals surface area contributed by atoms with Gasteiger partial charge < -0.3 is 10.6 Å². The van der Waals surface area contributed by atoms with Crippen molar-refractivity contribution < 1.29 is 0 Å². The number of hydrogen-bond acceptors (Lipinski definition) is 5. The molecule has 0 aromatic heterocycles. The molecule has 0 aliphatic rings. The van der Waals surface area contributed by atoms with E-state index in [2.05, 4.69) is 37.5 Å². The smallest absolute Gasteiger partial charge is 0.253 e. The largest absolute Gasteiger partial charge is 0.377 e. The standard InChI is InChI=1S/C18H21N3O2/c1-11(18(2,3)4)21-15-14(16(22)17(15)23)20-10-13-7-5-12(9-19)6-8-13/h5-8,11,20-21H,10H2,1-4H3/t11-/m1/s1. The molecule has 0 radical (unpaired) electrons. The van der Waals surface area contributed by atoms with Gasteiger partial charge in [0.05, 0.1) is 11.6 Å². The van der Waals surface area contributed by atoms with Gasteiger partial charge in [-0.15, -0.1) is 0 Å². The van der Waals surface area contributed by atoms with Crippen molar-refractivity contribution in [3.63, 3.8) is 0 Å². The fourth-order valence-electron chi connectivity index (χ4n) is 2.02. The second kappa shape index (κ2) is 6.25. The van der Waals surface area contributed by atoms with Crippen molar-refractivity contribution in [3.05, 3.63) is 55.8 Å². The summed E-state index contributed by atoms with van der Waals surface area (Å²) in [5.41, 5.74) is 1.26. The van der Waals surface area contributed by atoms with Crippen LogP contribution < -0.4 is 21.5 Å². The lowest BCUT2D eigenvalue weighted by atomic mass is 9.87. The van der Waals surface area contributed by atoms with Gasteiger partial charge in [0.1, 0.15) is 11.4 Å². The first-order chi connectivity index (χ1) is 10.7. The van der Waals surface area contributed by atoms with E-state index in [0.717, 1.165) is 5.56 Å². The molecule has 1 atom stereocenters. The molecule has 5 heteroatoms. The van der Waals surface area contributed by atoms with Crippen LogP contribution in [0, 0.1) is 16.7 Å². The monoisotopic (exact) mass is 311 g/mol. The highest BCUT2D eigenvalue weighted by molar-refractivity contribution is 5.74. The Morgan fingerprint density at radius 3 is 2.17 bits per heavy atom. The first-order valence-corrected chi connectivity index (χ1v) is 7.57. The molecule has 0 saturated heterocycles. The second-order valence-electron chi connectivity index (χ2n) is 6.80. The van der Waals surface area contributed by atoms with E-state index in [1.165, 1.54) is 0 Å². The highest BCUT2D eigenvalue weighted by Gasteiger charge is 2.26. The van der Waals surface area contributed by atoms with Crippen molar-refractivity contribution in [2.75, 3.05) is 10.6 Å². The third kappa shape index (κ3) is 3.59. The van der Waals surface area contributed by atoms with Crippen molar-refractivity contribution in [1.29, 1.82) is 5.26 Å². The van der Waals surface area contributed by atoms with E-state index in [9.17, 15) is 9.59 Å². The van der Waals surface area contributed by atoms with Crippen LogP contribution in [0.15, 0.2) is 33.9 Å². The number of hydrogen-bond donors (Lipinski definition) is 2. The van der Waals surface area contributed by atoms with Crippen LogP contribution >= 0.6 is 0 Å². The lowest BCUT2D eigenvalue weighted by Gasteiger charge is -2.30. The van der Waals surface area contributed by atoms with E-state index >= 15 is 0 Å². The Morgan fingerprint density at radius 1 is 1.09 bits per heavy atom. The summed E-state index contributed by atoms with van der Waals surface area (Å²) in [7, 11) is 0. The molecular weight excluding hydrogens is 290 g/mol. The summed E-state index contributed by atoms with van der Waals surface area (Å²) in [6.45, 7) is 8.62. The molecule has 0 saturated carbocycles. The molecular formula is C18H21N3O2. The molecule has 0 spiro atoms. The van der Waals surface area contributed by atoms with Gasteiger partial charge in [0.15, 0.2) is 0 Å². The molecule has 2 N–H and O–H groups in total. The average Bonchev–Trinajstić information content (AvgIpc) is 2.52. The van der Waals surface area contributed by atoms with Crippen molar-refractivity contribution in [2.24, 2.45) is 5.41 Å². The third-order valence-corrected chi connectivity index (χ3v) is 4.12. The van der Waals surface area contributed by atoms with Gasteiger partial charge in [-0.2, -0.15) is 5.26 Å². The minimum absolute atomic E-state index is 0.0237. The van der Waals surface area contributed by atoms with Crippen molar-refractivity contribution in [3.8, 4) is 6.07 Å². The number of rotatable bonds is 5. The van der Waals surface area contributed by atoms with Gasteiger partial charge in [0.25, 0.3) is 10.9 Å². The van der Waals surface area contributed by atoms with Crippen LogP contribution in [0.5, 0.6) is 0 Å². The molecule has 5 nitrogen and oxygen atoms in total. The van der Waals surface area contributed by atoms with Gasteiger partial charge in [-0.3, -0.25) is 9.59 Å². The molecule has 0 amide bonds. The predicted molar refractivity (Wildman–Crippen MR) is 92.4 cm³/mol. The van der Waals surface area contributed by atoms with Crippen LogP contribution in [-0.4, -0.2) is 6.04 Å². The zero-order valence-corrected chi connectivity index (χ0v) is 13.9. The van der Waals surface area contributed by atoms with E-state index in [4.69, 9.17) is 5.26 Å². The molecule has 2 aromatic carbocycles. The highest BCUT2D eigenvalue weighted by Crippen LogP contribution is 2.25. The fourth-order valence-corrected chi connectivity index (χ4v) is 2.02. The van der Waals surface area contributed by atoms with Gasteiger partial charge in [-0.25, -0.2) is 0 Å². The highest BCUT2D eigenvalue weighted by atomic mass is 16.2. The normalized spacial score (nSPS) is 12.7. The summed E-state index contributed by atoms with van der Waals surface area (Å²) < 4.78 is 0. The maximum Gasteiger partial charge on any atom is 0.253 e. The Balaban J connectivity index is 2.09. The van der Waals surface area contributed by atoms with Crippen LogP contribution in [0.25, 0.3) is 0 Å². The van der Waals surface area contributed by atoms with Crippen LogP contribution in [0.2, 0.25) is 0 Å². The minimum Gasteiger partial charge on any atom is -0.377 e. The van der Waals surface area contributed by atoms with Crippen LogP contribution in [0.1, 0.15) is 38.8 Å². The number of benzene rings is 1. The summed E-state index contributed by atoms with van der Waals surface area (Å²) in [5, 5.41) is 14.9. The van der Waals surface area contributed by atoms with Gasteiger partial charge in [0.2, 0.25) is 0 Å². The Bertz CT molecular complexity index is 801. The van der Waals surface area contributed by atoms with Crippen LogP contribution in [0.4, 0.5) is 11.4 Å². The van der Waals surface area contributed by atoms with Gasteiger partial charge in [-0.05, 0) is 30.0 Å². The maximum atomic E-state index is 11.8. The van der Waals surface area contributed by atoms with Crippen LogP contribution in [-0.2, 0) is 6.54 Å². The summed E-state index contributed by atoms with van der Waals surface area (Å²) in [6.07, 6.45) is 0. The number of nitrogens with one attached hydrogen (secondary N) is 2. The van der Waals surface area contributed by atoms with E-state index < -0.39 is 10.9 Å². The Kier molecular flexibility index (Phi) is 4.55. The molecule has 0 aliphatic carbocycles. The second-order valence-corrected chi connectivity index (χ2v) is 6.80. The molecule has 0 bridgehead atoms. The first-order valence-electron chi connectivity index (χ1n) is 7.57. The molecule has 0 heterocycles. The van der Waals surface area contributed by atoms with E-state index in [1.807, 2.05) is 19.1 Å². The van der Waals surface area contributed by atoms with Gasteiger partial charge >= 0.3 is 0 Å². The fraction of sp³-hybridized carbons (Fsp3) is 0.389. The average molecular weight is 311 g/mol. The van der Waals surface area contributed by atoms with E-state index in [0.29, 0.717) is 23.5 Å². The van der Waals surface area contributed by atoms with Crippen molar-refractivity contribution in [2.45, 2.75) is 40.3 Å². The topological polar surface area (TPSA) is 82.0 Å². The third-order valence-electron chi connectivity index (χ3n) is 4.12. The number of anilines is 2. The summed E-state index contributed by atoms with van der Waals surface area (Å²) in [4.78, 5) is 23.6. The van der Waals surface area contributed by atoms with Gasteiger partial charge in [0, 0.05) is 12.6 Å². The molecule has 0 unspecified atom stereocenters. The lowest BCUT2D eigenvalue weighted by molar-refractivity contribution is 0.359. The van der Waals surface area contributed by atoms with Crippen LogP contribution in [0.3, 0.4) is 0 Å². The molecule has 2 rings (SSSR count).